The average Bonchev–Trinajstić information content (AvgIpc) is 2.69. The van der Waals surface area contributed by atoms with E-state index in [0.717, 1.165) is 0 Å². The molecule has 2 aromatic carbocycles. The molecule has 0 radical (unpaired) electrons. The van der Waals surface area contributed by atoms with Crippen molar-refractivity contribution in [3.63, 3.8) is 0 Å². The molecule has 6 nitrogen and oxygen atoms in total. The Morgan fingerprint density at radius 2 is 1.57 bits per heavy atom. The molecular weight excluding hydrogens is 356 g/mol. The summed E-state index contributed by atoms with van der Waals surface area (Å²) in [6.45, 7) is 3.22. The van der Waals surface area contributed by atoms with Gasteiger partial charge in [0, 0.05) is 11.8 Å². The molecule has 1 heterocycles. The molecule has 0 aromatic heterocycles. The molecular formula is C22H22N2O4. The fourth-order valence-electron chi connectivity index (χ4n) is 3.34. The first-order chi connectivity index (χ1) is 13.4. The van der Waals surface area contributed by atoms with Gasteiger partial charge in [0.05, 0.1) is 5.70 Å². The average molecular weight is 378 g/mol. The normalized spacial score (nSPS) is 16.9. The van der Waals surface area contributed by atoms with Gasteiger partial charge in [-0.05, 0) is 23.6 Å². The van der Waals surface area contributed by atoms with E-state index in [-0.39, 0.29) is 11.8 Å². The number of hydrogen-bond acceptors (Lipinski definition) is 3. The van der Waals surface area contributed by atoms with E-state index in [0.29, 0.717) is 16.8 Å². The van der Waals surface area contributed by atoms with E-state index in [1.807, 2.05) is 26.0 Å². The lowest BCUT2D eigenvalue weighted by Gasteiger charge is -2.40. The molecule has 0 bridgehead atoms. The van der Waals surface area contributed by atoms with Crippen molar-refractivity contribution < 1.29 is 19.5 Å². The molecule has 3 rings (SSSR count). The summed E-state index contributed by atoms with van der Waals surface area (Å²) in [7, 11) is 0. The molecule has 2 amide bonds. The molecule has 144 valence electrons. The molecule has 0 unspecified atom stereocenters. The molecule has 2 aromatic rings. The van der Waals surface area contributed by atoms with Crippen LogP contribution in [0.2, 0.25) is 0 Å². The van der Waals surface area contributed by atoms with Gasteiger partial charge in [-0.25, -0.2) is 0 Å². The van der Waals surface area contributed by atoms with Crippen molar-refractivity contribution in [2.75, 3.05) is 6.54 Å². The van der Waals surface area contributed by atoms with Crippen LogP contribution >= 0.6 is 0 Å². The summed E-state index contributed by atoms with van der Waals surface area (Å²) in [5, 5.41) is 9.32. The lowest BCUT2D eigenvalue weighted by atomic mass is 9.96. The zero-order chi connectivity index (χ0) is 20.3. The SMILES string of the molecule is CC(C)[C@H]1C(=O)N(CC(=O)O)C(c2ccccc2)=CN1C(=O)c1ccccc1. The predicted octanol–water partition coefficient (Wildman–Crippen LogP) is 3.08. The molecule has 0 fully saturated rings. The van der Waals surface area contributed by atoms with Crippen molar-refractivity contribution in [3.05, 3.63) is 78.0 Å². The fraction of sp³-hybridized carbons (Fsp3) is 0.227. The third-order valence-electron chi connectivity index (χ3n) is 4.62. The summed E-state index contributed by atoms with van der Waals surface area (Å²) in [5.41, 5.74) is 1.54. The Kier molecular flexibility index (Phi) is 5.59. The minimum atomic E-state index is -1.11. The first-order valence-corrected chi connectivity index (χ1v) is 9.08. The van der Waals surface area contributed by atoms with Gasteiger partial charge in [-0.2, -0.15) is 0 Å². The van der Waals surface area contributed by atoms with Crippen LogP contribution in [-0.2, 0) is 9.59 Å². The van der Waals surface area contributed by atoms with Gasteiger partial charge < -0.3 is 10.0 Å². The number of amides is 2. The summed E-state index contributed by atoms with van der Waals surface area (Å²) in [5.74, 6) is -2.00. The second-order valence-corrected chi connectivity index (χ2v) is 6.97. The number of benzene rings is 2. The highest BCUT2D eigenvalue weighted by Crippen LogP contribution is 2.30. The van der Waals surface area contributed by atoms with Gasteiger partial charge in [0.25, 0.3) is 11.8 Å². The van der Waals surface area contributed by atoms with Crippen LogP contribution in [0.4, 0.5) is 0 Å². The first kappa shape index (κ1) is 19.4. The van der Waals surface area contributed by atoms with E-state index in [2.05, 4.69) is 0 Å². The van der Waals surface area contributed by atoms with Crippen molar-refractivity contribution in [2.24, 2.45) is 5.92 Å². The highest BCUT2D eigenvalue weighted by atomic mass is 16.4. The van der Waals surface area contributed by atoms with Gasteiger partial charge in [0.1, 0.15) is 12.6 Å². The predicted molar refractivity (Wildman–Crippen MR) is 105 cm³/mol. The molecule has 0 saturated heterocycles. The van der Waals surface area contributed by atoms with Crippen LogP contribution < -0.4 is 0 Å². The molecule has 0 saturated carbocycles. The van der Waals surface area contributed by atoms with Gasteiger partial charge in [-0.1, -0.05) is 62.4 Å². The van der Waals surface area contributed by atoms with Crippen molar-refractivity contribution >= 4 is 23.5 Å². The summed E-state index contributed by atoms with van der Waals surface area (Å²) >= 11 is 0. The third-order valence-corrected chi connectivity index (χ3v) is 4.62. The molecule has 1 aliphatic heterocycles. The number of hydrogen-bond donors (Lipinski definition) is 1. The zero-order valence-corrected chi connectivity index (χ0v) is 15.8. The van der Waals surface area contributed by atoms with Crippen LogP contribution in [0.3, 0.4) is 0 Å². The van der Waals surface area contributed by atoms with Gasteiger partial charge >= 0.3 is 5.97 Å². The van der Waals surface area contributed by atoms with Crippen molar-refractivity contribution in [2.45, 2.75) is 19.9 Å². The Morgan fingerprint density at radius 1 is 1.00 bits per heavy atom. The maximum Gasteiger partial charge on any atom is 0.323 e. The molecule has 6 heteroatoms. The summed E-state index contributed by atoms with van der Waals surface area (Å²) < 4.78 is 0. The van der Waals surface area contributed by atoms with Gasteiger partial charge in [-0.15, -0.1) is 0 Å². The van der Waals surface area contributed by atoms with E-state index in [1.54, 1.807) is 54.7 Å². The van der Waals surface area contributed by atoms with Gasteiger partial charge in [-0.3, -0.25) is 19.3 Å². The highest BCUT2D eigenvalue weighted by Gasteiger charge is 2.41. The Labute approximate surface area is 163 Å². The van der Waals surface area contributed by atoms with Crippen LogP contribution in [-0.4, -0.2) is 45.3 Å². The highest BCUT2D eigenvalue weighted by molar-refractivity contribution is 6.03. The van der Waals surface area contributed by atoms with E-state index >= 15 is 0 Å². The molecule has 1 atom stereocenters. The van der Waals surface area contributed by atoms with Gasteiger partial charge in [0.2, 0.25) is 0 Å². The number of nitrogens with zero attached hydrogens (tertiary/aromatic N) is 2. The number of carboxylic acids is 1. The lowest BCUT2D eigenvalue weighted by molar-refractivity contribution is -0.144. The van der Waals surface area contributed by atoms with Crippen LogP contribution in [0.5, 0.6) is 0 Å². The maximum atomic E-state index is 13.3. The Bertz CT molecular complexity index is 907. The summed E-state index contributed by atoms with van der Waals surface area (Å²) in [6.07, 6.45) is 1.60. The Morgan fingerprint density at radius 3 is 2.11 bits per heavy atom. The molecule has 1 aliphatic rings. The summed E-state index contributed by atoms with van der Waals surface area (Å²) in [4.78, 5) is 40.5. The minimum Gasteiger partial charge on any atom is -0.480 e. The monoisotopic (exact) mass is 378 g/mol. The van der Waals surface area contributed by atoms with Crippen LogP contribution in [0, 0.1) is 5.92 Å². The van der Waals surface area contributed by atoms with E-state index in [1.165, 1.54) is 9.80 Å². The number of rotatable bonds is 5. The third kappa shape index (κ3) is 3.81. The Balaban J connectivity index is 2.14. The van der Waals surface area contributed by atoms with Crippen molar-refractivity contribution in [1.29, 1.82) is 0 Å². The number of carbonyl (C=O) groups is 3. The standard InChI is InChI=1S/C22H22N2O4/c1-15(2)20-22(28)23(14-19(25)26)18(16-9-5-3-6-10-16)13-24(20)21(27)17-11-7-4-8-12-17/h3-13,15,20H,14H2,1-2H3,(H,25,26)/t20-/m0/s1. The number of carboxylic acid groups (broad SMARTS) is 1. The largest absolute Gasteiger partial charge is 0.480 e. The molecule has 28 heavy (non-hydrogen) atoms. The van der Waals surface area contributed by atoms with E-state index < -0.39 is 24.5 Å². The van der Waals surface area contributed by atoms with Crippen molar-refractivity contribution in [3.8, 4) is 0 Å². The van der Waals surface area contributed by atoms with E-state index in [4.69, 9.17) is 0 Å². The first-order valence-electron chi connectivity index (χ1n) is 9.08. The van der Waals surface area contributed by atoms with Crippen LogP contribution in [0.1, 0.15) is 29.8 Å². The second-order valence-electron chi connectivity index (χ2n) is 6.97. The second kappa shape index (κ2) is 8.08. The van der Waals surface area contributed by atoms with E-state index in [9.17, 15) is 19.5 Å². The lowest BCUT2D eigenvalue weighted by Crippen LogP contribution is -2.55. The number of carbonyl (C=O) groups excluding carboxylic acids is 2. The minimum absolute atomic E-state index is 0.190. The molecule has 0 spiro atoms. The van der Waals surface area contributed by atoms with Crippen LogP contribution in [0.15, 0.2) is 66.9 Å². The van der Waals surface area contributed by atoms with Crippen molar-refractivity contribution in [1.82, 2.24) is 9.80 Å². The smallest absolute Gasteiger partial charge is 0.323 e. The molecule has 1 N–H and O–H groups in total. The molecule has 0 aliphatic carbocycles. The Hall–Kier alpha value is -3.41. The van der Waals surface area contributed by atoms with Crippen LogP contribution in [0.25, 0.3) is 5.70 Å². The topological polar surface area (TPSA) is 77.9 Å². The zero-order valence-electron chi connectivity index (χ0n) is 15.8. The fourth-order valence-corrected chi connectivity index (χ4v) is 3.34. The quantitative estimate of drug-likeness (QED) is 0.867. The van der Waals surface area contributed by atoms with Gasteiger partial charge in [0.15, 0.2) is 0 Å². The summed E-state index contributed by atoms with van der Waals surface area (Å²) in [6, 6.07) is 17.0. The maximum absolute atomic E-state index is 13.3. The number of aliphatic carboxylic acids is 1.